The van der Waals surface area contributed by atoms with Crippen molar-refractivity contribution in [2.75, 3.05) is 23.8 Å². The van der Waals surface area contributed by atoms with Gasteiger partial charge < -0.3 is 15.4 Å². The highest BCUT2D eigenvalue weighted by atomic mass is 16.5. The molecular weight excluding hydrogens is 320 g/mol. The van der Waals surface area contributed by atoms with E-state index >= 15 is 0 Å². The lowest BCUT2D eigenvalue weighted by molar-refractivity contribution is -0.120. The van der Waals surface area contributed by atoms with Crippen molar-refractivity contribution < 1.29 is 14.3 Å². The number of hydrazine groups is 1. The van der Waals surface area contributed by atoms with Gasteiger partial charge in [0.25, 0.3) is 5.91 Å². The van der Waals surface area contributed by atoms with Gasteiger partial charge in [0.15, 0.2) is 6.61 Å². The molecule has 2 atom stereocenters. The number of benzene rings is 2. The maximum absolute atomic E-state index is 12.7. The molecule has 0 spiro atoms. The second kappa shape index (κ2) is 6.54. The van der Waals surface area contributed by atoms with Gasteiger partial charge in [-0.2, -0.15) is 0 Å². The average molecular weight is 338 g/mol. The van der Waals surface area contributed by atoms with Crippen LogP contribution in [0.4, 0.5) is 11.4 Å². The highest BCUT2D eigenvalue weighted by molar-refractivity contribution is 5.98. The fourth-order valence-corrected chi connectivity index (χ4v) is 3.11. The van der Waals surface area contributed by atoms with Gasteiger partial charge in [0, 0.05) is 12.2 Å². The highest BCUT2D eigenvalue weighted by Crippen LogP contribution is 2.31. The SMILES string of the molecule is O=C1COc2ccc(NC(=O)C3CNNC3c3ccccc3)cc2N1. The Morgan fingerprint density at radius 3 is 2.84 bits per heavy atom. The van der Waals surface area contributed by atoms with Gasteiger partial charge in [-0.25, -0.2) is 5.43 Å². The molecule has 2 amide bonds. The molecule has 2 aromatic rings. The van der Waals surface area contributed by atoms with E-state index in [9.17, 15) is 9.59 Å². The minimum Gasteiger partial charge on any atom is -0.482 e. The molecule has 0 saturated carbocycles. The molecule has 0 bridgehead atoms. The quantitative estimate of drug-likeness (QED) is 0.679. The number of ether oxygens (including phenoxy) is 1. The highest BCUT2D eigenvalue weighted by Gasteiger charge is 2.34. The van der Waals surface area contributed by atoms with E-state index in [0.717, 1.165) is 5.56 Å². The van der Waals surface area contributed by atoms with Gasteiger partial charge in [0.2, 0.25) is 5.91 Å². The summed E-state index contributed by atoms with van der Waals surface area (Å²) in [4.78, 5) is 24.1. The van der Waals surface area contributed by atoms with E-state index in [4.69, 9.17) is 4.74 Å². The molecule has 1 saturated heterocycles. The third-order valence-electron chi connectivity index (χ3n) is 4.36. The van der Waals surface area contributed by atoms with Crippen LogP contribution in [0.25, 0.3) is 0 Å². The molecule has 7 nitrogen and oxygen atoms in total. The van der Waals surface area contributed by atoms with Crippen molar-refractivity contribution in [1.29, 1.82) is 0 Å². The lowest BCUT2D eigenvalue weighted by Crippen LogP contribution is -2.30. The van der Waals surface area contributed by atoms with Crippen LogP contribution in [0.5, 0.6) is 5.75 Å². The van der Waals surface area contributed by atoms with E-state index in [1.165, 1.54) is 0 Å². The van der Waals surface area contributed by atoms with E-state index in [-0.39, 0.29) is 30.4 Å². The minimum atomic E-state index is -0.246. The van der Waals surface area contributed by atoms with Gasteiger partial charge in [-0.3, -0.25) is 15.0 Å². The molecule has 0 aromatic heterocycles. The average Bonchev–Trinajstić information content (AvgIpc) is 3.12. The van der Waals surface area contributed by atoms with Crippen molar-refractivity contribution in [3.05, 3.63) is 54.1 Å². The van der Waals surface area contributed by atoms with E-state index < -0.39 is 0 Å². The van der Waals surface area contributed by atoms with Crippen molar-refractivity contribution in [2.45, 2.75) is 6.04 Å². The largest absolute Gasteiger partial charge is 0.482 e. The zero-order valence-electron chi connectivity index (χ0n) is 13.4. The standard InChI is InChI=1S/C18H18N4O3/c23-16-10-25-15-7-6-12(8-14(15)21-16)20-18(24)13-9-19-22-17(13)11-4-2-1-3-5-11/h1-8,13,17,19,22H,9-10H2,(H,20,24)(H,21,23). The van der Waals surface area contributed by atoms with Crippen LogP contribution >= 0.6 is 0 Å². The monoisotopic (exact) mass is 338 g/mol. The number of hydrogen-bond acceptors (Lipinski definition) is 5. The Labute approximate surface area is 144 Å². The van der Waals surface area contributed by atoms with Gasteiger partial charge in [0.1, 0.15) is 5.75 Å². The zero-order valence-corrected chi connectivity index (χ0v) is 13.4. The summed E-state index contributed by atoms with van der Waals surface area (Å²) in [7, 11) is 0. The van der Waals surface area contributed by atoms with Crippen molar-refractivity contribution in [3.63, 3.8) is 0 Å². The topological polar surface area (TPSA) is 91.5 Å². The van der Waals surface area contributed by atoms with E-state index in [0.29, 0.717) is 23.7 Å². The minimum absolute atomic E-state index is 0.0108. The Balaban J connectivity index is 1.50. The summed E-state index contributed by atoms with van der Waals surface area (Å²) < 4.78 is 5.33. The molecule has 0 radical (unpaired) electrons. The third kappa shape index (κ3) is 3.19. The number of amides is 2. The maximum atomic E-state index is 12.7. The smallest absolute Gasteiger partial charge is 0.262 e. The van der Waals surface area contributed by atoms with Crippen LogP contribution in [0.15, 0.2) is 48.5 Å². The Morgan fingerprint density at radius 1 is 1.16 bits per heavy atom. The van der Waals surface area contributed by atoms with Crippen LogP contribution in [0.2, 0.25) is 0 Å². The van der Waals surface area contributed by atoms with Gasteiger partial charge in [-0.15, -0.1) is 0 Å². The summed E-state index contributed by atoms with van der Waals surface area (Å²) in [5, 5.41) is 5.66. The van der Waals surface area contributed by atoms with Gasteiger partial charge in [0.05, 0.1) is 17.6 Å². The van der Waals surface area contributed by atoms with E-state index in [1.54, 1.807) is 18.2 Å². The summed E-state index contributed by atoms with van der Waals surface area (Å²) >= 11 is 0. The van der Waals surface area contributed by atoms with Crippen LogP contribution < -0.4 is 26.2 Å². The number of anilines is 2. The van der Waals surface area contributed by atoms with Crippen molar-refractivity contribution in [2.24, 2.45) is 5.92 Å². The molecule has 0 aliphatic carbocycles. The molecule has 2 aromatic carbocycles. The molecule has 4 N–H and O–H groups in total. The summed E-state index contributed by atoms with van der Waals surface area (Å²) in [5.74, 6) is 0.0619. The molecule has 2 aliphatic rings. The first-order valence-electron chi connectivity index (χ1n) is 8.11. The van der Waals surface area contributed by atoms with Crippen LogP contribution in [0, 0.1) is 5.92 Å². The summed E-state index contributed by atoms with van der Waals surface area (Å²) in [6, 6.07) is 15.0. The molecular formula is C18H18N4O3. The normalized spacial score (nSPS) is 21.8. The number of rotatable bonds is 3. The summed E-state index contributed by atoms with van der Waals surface area (Å²) in [6.45, 7) is 0.549. The molecule has 4 rings (SSSR count). The lowest BCUT2D eigenvalue weighted by atomic mass is 9.94. The maximum Gasteiger partial charge on any atom is 0.262 e. The molecule has 7 heteroatoms. The Kier molecular flexibility index (Phi) is 4.09. The predicted molar refractivity (Wildman–Crippen MR) is 93.0 cm³/mol. The number of hydrogen-bond donors (Lipinski definition) is 4. The van der Waals surface area contributed by atoms with Crippen LogP contribution in [0.1, 0.15) is 11.6 Å². The third-order valence-corrected chi connectivity index (χ3v) is 4.36. The molecule has 25 heavy (non-hydrogen) atoms. The lowest BCUT2D eigenvalue weighted by Gasteiger charge is -2.20. The zero-order chi connectivity index (χ0) is 17.2. The Morgan fingerprint density at radius 2 is 2.00 bits per heavy atom. The predicted octanol–water partition coefficient (Wildman–Crippen LogP) is 1.42. The molecule has 1 fully saturated rings. The van der Waals surface area contributed by atoms with Crippen LogP contribution in [-0.4, -0.2) is 25.0 Å². The van der Waals surface area contributed by atoms with Gasteiger partial charge in [-0.05, 0) is 23.8 Å². The second-order valence-electron chi connectivity index (χ2n) is 6.06. The fraction of sp³-hybridized carbons (Fsp3) is 0.222. The number of carbonyl (C=O) groups is 2. The van der Waals surface area contributed by atoms with E-state index in [2.05, 4.69) is 21.5 Å². The summed E-state index contributed by atoms with van der Waals surface area (Å²) in [6.07, 6.45) is 0. The number of nitrogens with one attached hydrogen (secondary N) is 4. The van der Waals surface area contributed by atoms with Crippen molar-refractivity contribution in [3.8, 4) is 5.75 Å². The molecule has 2 unspecified atom stereocenters. The fourth-order valence-electron chi connectivity index (χ4n) is 3.11. The first-order chi connectivity index (χ1) is 12.2. The number of fused-ring (bicyclic) bond motifs is 1. The van der Waals surface area contributed by atoms with E-state index in [1.807, 2.05) is 30.3 Å². The first kappa shape index (κ1) is 15.6. The Hall–Kier alpha value is -2.90. The van der Waals surface area contributed by atoms with Crippen molar-refractivity contribution in [1.82, 2.24) is 10.9 Å². The summed E-state index contributed by atoms with van der Waals surface area (Å²) in [5.41, 5.74) is 8.45. The number of carbonyl (C=O) groups excluding carboxylic acids is 2. The van der Waals surface area contributed by atoms with Gasteiger partial charge in [-0.1, -0.05) is 30.3 Å². The molecule has 128 valence electrons. The molecule has 2 aliphatic heterocycles. The Bertz CT molecular complexity index is 809. The van der Waals surface area contributed by atoms with Crippen LogP contribution in [-0.2, 0) is 9.59 Å². The second-order valence-corrected chi connectivity index (χ2v) is 6.06. The first-order valence-corrected chi connectivity index (χ1v) is 8.11. The van der Waals surface area contributed by atoms with Crippen molar-refractivity contribution >= 4 is 23.2 Å². The van der Waals surface area contributed by atoms with Crippen LogP contribution in [0.3, 0.4) is 0 Å². The molecule has 2 heterocycles. The van der Waals surface area contributed by atoms with Gasteiger partial charge >= 0.3 is 0 Å².